The first-order chi connectivity index (χ1) is 9.66. The van der Waals surface area contributed by atoms with Crippen LogP contribution in [0.1, 0.15) is 12.8 Å². The van der Waals surface area contributed by atoms with Gasteiger partial charge in [0.2, 0.25) is 0 Å². The van der Waals surface area contributed by atoms with Crippen LogP contribution in [0.5, 0.6) is 0 Å². The molecule has 0 N–H and O–H groups in total. The summed E-state index contributed by atoms with van der Waals surface area (Å²) in [5.41, 5.74) is 0. The molecule has 0 saturated carbocycles. The van der Waals surface area contributed by atoms with Gasteiger partial charge in [-0.05, 0) is 0 Å². The molecule has 0 amide bonds. The van der Waals surface area contributed by atoms with Gasteiger partial charge in [0.25, 0.3) is 0 Å². The molecule has 0 atom stereocenters. The number of benzene rings is 1. The van der Waals surface area contributed by atoms with Gasteiger partial charge in [-0.2, -0.15) is 0 Å². The average molecular weight is 309 g/mol. The molecule has 0 unspecified atom stereocenters. The van der Waals surface area contributed by atoms with Gasteiger partial charge in [-0.1, -0.05) is 0 Å². The van der Waals surface area contributed by atoms with E-state index in [2.05, 4.69) is 0 Å². The third-order valence-corrected chi connectivity index (χ3v) is 8.13. The summed E-state index contributed by atoms with van der Waals surface area (Å²) in [6.45, 7) is 0. The summed E-state index contributed by atoms with van der Waals surface area (Å²) in [6.07, 6.45) is 13.2. The van der Waals surface area contributed by atoms with Gasteiger partial charge in [0.05, 0.1) is 0 Å². The predicted molar refractivity (Wildman–Crippen MR) is 69.6 cm³/mol. The van der Waals surface area contributed by atoms with Crippen LogP contribution in [0.2, 0.25) is 0 Å². The van der Waals surface area contributed by atoms with Crippen molar-refractivity contribution < 1.29 is 31.0 Å². The van der Waals surface area contributed by atoms with Crippen molar-refractivity contribution in [2.24, 2.45) is 0 Å². The van der Waals surface area contributed by atoms with Crippen molar-refractivity contribution in [3.05, 3.63) is 73.8 Å². The Morgan fingerprint density at radius 3 is 1.70 bits per heavy atom. The molecule has 0 aliphatic heterocycles. The second kappa shape index (κ2) is 5.59. The summed E-state index contributed by atoms with van der Waals surface area (Å²) in [7, 11) is 0. The number of halogens is 3. The van der Waals surface area contributed by atoms with Crippen molar-refractivity contribution in [3.8, 4) is 0 Å². The zero-order valence-corrected chi connectivity index (χ0v) is 12.2. The van der Waals surface area contributed by atoms with Gasteiger partial charge in [0.15, 0.2) is 0 Å². The molecule has 1 aromatic carbocycles. The number of allylic oxidation sites excluding steroid dienone is 8. The Bertz CT molecular complexity index is 615. The van der Waals surface area contributed by atoms with Crippen LogP contribution in [-0.2, 0) is 17.9 Å². The normalized spacial score (nSPS) is 16.6. The van der Waals surface area contributed by atoms with Gasteiger partial charge in [-0.25, -0.2) is 0 Å². The minimum absolute atomic E-state index is 0.108. The first kappa shape index (κ1) is 13.7. The molecule has 0 aromatic heterocycles. The Hall–Kier alpha value is -1.32. The van der Waals surface area contributed by atoms with Crippen LogP contribution in [0.25, 0.3) is 0 Å². The maximum absolute atomic E-state index is 14.1. The van der Waals surface area contributed by atoms with Crippen LogP contribution < -0.4 is 3.87 Å². The monoisotopic (exact) mass is 309 g/mol. The molecule has 0 fully saturated rings. The maximum atomic E-state index is 14.1. The summed E-state index contributed by atoms with van der Waals surface area (Å²) in [6, 6.07) is 1.58. The van der Waals surface area contributed by atoms with E-state index in [0.29, 0.717) is 0 Å². The zero-order chi connectivity index (χ0) is 14.1. The SMILES string of the molecule is Fc1cc(F)[c]([Ti]([C]2=CC=CC2)[C]2=CC=CC2)c(F)c1. The molecule has 0 spiro atoms. The van der Waals surface area contributed by atoms with Gasteiger partial charge >= 0.3 is 122 Å². The van der Waals surface area contributed by atoms with Crippen molar-refractivity contribution in [2.45, 2.75) is 12.8 Å². The van der Waals surface area contributed by atoms with Crippen LogP contribution >= 0.6 is 0 Å². The fourth-order valence-electron chi connectivity index (χ4n) is 2.57. The quantitative estimate of drug-likeness (QED) is 0.739. The third-order valence-electron chi connectivity index (χ3n) is 3.44. The van der Waals surface area contributed by atoms with E-state index in [-0.39, 0.29) is 3.87 Å². The van der Waals surface area contributed by atoms with Gasteiger partial charge in [-0.3, -0.25) is 0 Å². The molecule has 3 rings (SSSR count). The van der Waals surface area contributed by atoms with Crippen molar-refractivity contribution in [3.63, 3.8) is 0 Å². The Kier molecular flexibility index (Phi) is 3.81. The van der Waals surface area contributed by atoms with E-state index in [1.165, 1.54) is 0 Å². The molecular formula is C16H12F3Ti. The summed E-state index contributed by atoms with van der Waals surface area (Å²) >= 11 is -2.45. The van der Waals surface area contributed by atoms with Gasteiger partial charge in [0.1, 0.15) is 0 Å². The van der Waals surface area contributed by atoms with Crippen LogP contribution in [0.3, 0.4) is 0 Å². The molecular weight excluding hydrogens is 297 g/mol. The van der Waals surface area contributed by atoms with E-state index >= 15 is 0 Å². The van der Waals surface area contributed by atoms with Crippen LogP contribution in [0.4, 0.5) is 13.2 Å². The van der Waals surface area contributed by atoms with E-state index < -0.39 is 35.3 Å². The van der Waals surface area contributed by atoms with Crippen molar-refractivity contribution in [1.29, 1.82) is 0 Å². The van der Waals surface area contributed by atoms with E-state index in [0.717, 1.165) is 32.7 Å². The molecule has 0 radical (unpaired) electrons. The third kappa shape index (κ3) is 2.48. The fraction of sp³-hybridized carbons (Fsp3) is 0.125. The standard InChI is InChI=1S/C6H2F3.2C5H5.Ti/c7-4-1-5(8)3-6(9)2-4;2*1-2-4-5-3-1;/h1-2H;2*1-3H,4H2;. The zero-order valence-electron chi connectivity index (χ0n) is 10.7. The predicted octanol–water partition coefficient (Wildman–Crippen LogP) is 4.04. The summed E-state index contributed by atoms with van der Waals surface area (Å²) in [5.74, 6) is -2.37. The van der Waals surface area contributed by atoms with Crippen LogP contribution in [0.15, 0.2) is 56.3 Å². The first-order valence-corrected chi connectivity index (χ1v) is 8.75. The first-order valence-electron chi connectivity index (χ1n) is 6.41. The van der Waals surface area contributed by atoms with E-state index in [4.69, 9.17) is 0 Å². The summed E-state index contributed by atoms with van der Waals surface area (Å²) in [4.78, 5) is 0. The Morgan fingerprint density at radius 2 is 1.30 bits per heavy atom. The topological polar surface area (TPSA) is 0 Å². The van der Waals surface area contributed by atoms with Crippen LogP contribution in [-0.4, -0.2) is 0 Å². The molecule has 2 aliphatic rings. The summed E-state index contributed by atoms with van der Waals surface area (Å²) in [5, 5.41) is 0. The molecule has 20 heavy (non-hydrogen) atoms. The fourth-order valence-corrected chi connectivity index (χ4v) is 7.02. The van der Waals surface area contributed by atoms with Gasteiger partial charge in [-0.15, -0.1) is 0 Å². The van der Waals surface area contributed by atoms with Crippen molar-refractivity contribution in [1.82, 2.24) is 0 Å². The molecule has 0 saturated heterocycles. The molecule has 1 aromatic rings. The minimum atomic E-state index is -2.45. The second-order valence-electron chi connectivity index (χ2n) is 4.77. The number of hydrogen-bond acceptors (Lipinski definition) is 0. The molecule has 0 bridgehead atoms. The molecule has 0 heterocycles. The Labute approximate surface area is 121 Å². The van der Waals surface area contributed by atoms with E-state index in [1.807, 2.05) is 36.5 Å². The van der Waals surface area contributed by atoms with Crippen molar-refractivity contribution in [2.75, 3.05) is 0 Å². The van der Waals surface area contributed by atoms with E-state index in [9.17, 15) is 13.2 Å². The molecule has 4 heteroatoms. The van der Waals surface area contributed by atoms with E-state index in [1.54, 1.807) is 0 Å². The molecule has 0 nitrogen and oxygen atoms in total. The van der Waals surface area contributed by atoms with Crippen molar-refractivity contribution >= 4 is 3.87 Å². The second-order valence-corrected chi connectivity index (χ2v) is 8.73. The average Bonchev–Trinajstić information content (AvgIpc) is 3.07. The Balaban J connectivity index is 2.10. The van der Waals surface area contributed by atoms with Crippen LogP contribution in [0, 0.1) is 17.5 Å². The molecule has 2 aliphatic carbocycles. The number of rotatable bonds is 3. The Morgan fingerprint density at radius 1 is 0.800 bits per heavy atom. The number of hydrogen-bond donors (Lipinski definition) is 0. The van der Waals surface area contributed by atoms with Gasteiger partial charge in [0, 0.05) is 0 Å². The molecule has 101 valence electrons. The van der Waals surface area contributed by atoms with Gasteiger partial charge < -0.3 is 0 Å². The summed E-state index contributed by atoms with van der Waals surface area (Å²) < 4.78 is 43.7.